The number of benzene rings is 8. The molecule has 55 heavy (non-hydrogen) atoms. The van der Waals surface area contributed by atoms with Crippen LogP contribution in [0.15, 0.2) is 194 Å². The first kappa shape index (κ1) is 30.1. The van der Waals surface area contributed by atoms with Crippen LogP contribution in [0.1, 0.15) is 0 Å². The van der Waals surface area contributed by atoms with E-state index in [1.165, 1.54) is 65.6 Å². The van der Waals surface area contributed by atoms with Crippen LogP contribution >= 0.6 is 0 Å². The zero-order valence-electron chi connectivity index (χ0n) is 29.8. The van der Waals surface area contributed by atoms with Crippen molar-refractivity contribution in [3.63, 3.8) is 0 Å². The third kappa shape index (κ3) is 4.37. The predicted octanol–water partition coefficient (Wildman–Crippen LogP) is 13.2. The summed E-state index contributed by atoms with van der Waals surface area (Å²) in [7, 11) is 0. The fourth-order valence-corrected chi connectivity index (χ4v) is 9.09. The molecule has 0 radical (unpaired) electrons. The second kappa shape index (κ2) is 11.5. The van der Waals surface area contributed by atoms with E-state index in [4.69, 9.17) is 4.98 Å². The summed E-state index contributed by atoms with van der Waals surface area (Å²) in [5, 5.41) is 6.22. The Morgan fingerprint density at radius 1 is 0.309 bits per heavy atom. The lowest BCUT2D eigenvalue weighted by Gasteiger charge is -2.16. The lowest BCUT2D eigenvalue weighted by Crippen LogP contribution is -2.00. The minimum Gasteiger partial charge on any atom is -0.309 e. The van der Waals surface area contributed by atoms with Gasteiger partial charge in [-0.2, -0.15) is 0 Å². The van der Waals surface area contributed by atoms with E-state index in [1.54, 1.807) is 0 Å². The smallest absolute Gasteiger partial charge is 0.0871 e. The van der Waals surface area contributed by atoms with Crippen molar-refractivity contribution in [1.29, 1.82) is 0 Å². The fraction of sp³-hybridized carbons (Fsp3) is 0. The molecule has 0 N–H and O–H groups in total. The van der Waals surface area contributed by atoms with Gasteiger partial charge in [-0.15, -0.1) is 0 Å². The minimum atomic E-state index is 0.986. The molecule has 0 aliphatic rings. The molecule has 8 aromatic carbocycles. The highest BCUT2D eigenvalue weighted by Crippen LogP contribution is 2.40. The van der Waals surface area contributed by atoms with E-state index in [-0.39, 0.29) is 0 Å². The first-order valence-electron chi connectivity index (χ1n) is 18.8. The molecule has 0 atom stereocenters. The molecule has 0 unspecified atom stereocenters. The summed E-state index contributed by atoms with van der Waals surface area (Å²) >= 11 is 0. The molecule has 0 saturated carbocycles. The van der Waals surface area contributed by atoms with E-state index >= 15 is 0 Å². The molecule has 4 heteroatoms. The highest BCUT2D eigenvalue weighted by molar-refractivity contribution is 6.11. The van der Waals surface area contributed by atoms with E-state index in [0.717, 1.165) is 39.1 Å². The lowest BCUT2D eigenvalue weighted by molar-refractivity contribution is 1.13. The fourth-order valence-electron chi connectivity index (χ4n) is 9.09. The maximum Gasteiger partial charge on any atom is 0.0871 e. The second-order valence-electron chi connectivity index (χ2n) is 14.4. The van der Waals surface area contributed by atoms with Gasteiger partial charge in [0.05, 0.1) is 50.3 Å². The highest BCUT2D eigenvalue weighted by atomic mass is 15.0. The Labute approximate surface area is 316 Å². The van der Waals surface area contributed by atoms with Crippen molar-refractivity contribution in [3.8, 4) is 33.6 Å². The van der Waals surface area contributed by atoms with Crippen molar-refractivity contribution in [2.24, 2.45) is 0 Å². The first-order valence-corrected chi connectivity index (χ1v) is 18.8. The molecule has 4 nitrogen and oxygen atoms in total. The van der Waals surface area contributed by atoms with Crippen LogP contribution in [0.2, 0.25) is 0 Å². The van der Waals surface area contributed by atoms with Gasteiger partial charge < -0.3 is 13.5 Å². The predicted molar refractivity (Wildman–Crippen MR) is 230 cm³/mol. The first-order chi connectivity index (χ1) is 27.3. The maximum atomic E-state index is 4.88. The quantitative estimate of drug-likeness (QED) is 0.180. The number of nitrogens with zero attached hydrogens (tertiary/aromatic N) is 4. The Kier molecular flexibility index (Phi) is 6.31. The maximum absolute atomic E-state index is 4.88. The van der Waals surface area contributed by atoms with Gasteiger partial charge in [-0.3, -0.25) is 4.98 Å². The third-order valence-electron chi connectivity index (χ3n) is 11.4. The van der Waals surface area contributed by atoms with Gasteiger partial charge in [0, 0.05) is 43.9 Å². The Morgan fingerprint density at radius 3 is 1.25 bits per heavy atom. The van der Waals surface area contributed by atoms with Crippen molar-refractivity contribution in [3.05, 3.63) is 194 Å². The van der Waals surface area contributed by atoms with Gasteiger partial charge in [0.15, 0.2) is 0 Å². The summed E-state index contributed by atoms with van der Waals surface area (Å²) in [5.41, 5.74) is 16.1. The molecule has 4 aromatic heterocycles. The van der Waals surface area contributed by atoms with Crippen LogP contribution in [0.5, 0.6) is 0 Å². The molecule has 4 heterocycles. The van der Waals surface area contributed by atoms with E-state index in [9.17, 15) is 0 Å². The molecule has 256 valence electrons. The zero-order valence-corrected chi connectivity index (χ0v) is 29.8. The second-order valence-corrected chi connectivity index (χ2v) is 14.4. The Bertz CT molecular complexity index is 3250. The molecular weight excluding hydrogens is 669 g/mol. The normalized spacial score (nSPS) is 12.0. The van der Waals surface area contributed by atoms with E-state index < -0.39 is 0 Å². The molecule has 12 rings (SSSR count). The Balaban J connectivity index is 1.10. The monoisotopic (exact) mass is 700 g/mol. The van der Waals surface area contributed by atoms with Crippen LogP contribution in [-0.2, 0) is 0 Å². The molecule has 0 bridgehead atoms. The van der Waals surface area contributed by atoms with Crippen LogP contribution in [0.25, 0.3) is 105 Å². The molecule has 0 saturated heterocycles. The number of para-hydroxylation sites is 7. The van der Waals surface area contributed by atoms with Crippen molar-refractivity contribution in [2.75, 3.05) is 0 Å². The van der Waals surface area contributed by atoms with Gasteiger partial charge in [0.2, 0.25) is 0 Å². The molecule has 0 fully saturated rings. The van der Waals surface area contributed by atoms with E-state index in [0.29, 0.717) is 0 Å². The van der Waals surface area contributed by atoms with Gasteiger partial charge in [-0.05, 0) is 77.4 Å². The topological polar surface area (TPSA) is 27.2 Å². The number of aromatic nitrogens is 4. The average molecular weight is 701 g/mol. The van der Waals surface area contributed by atoms with Crippen molar-refractivity contribution >= 4 is 71.1 Å². The Hall–Kier alpha value is -7.43. The van der Waals surface area contributed by atoms with Gasteiger partial charge in [-0.25, -0.2) is 0 Å². The number of hydrogen-bond acceptors (Lipinski definition) is 1. The lowest BCUT2D eigenvalue weighted by atomic mass is 9.98. The number of hydrogen-bond donors (Lipinski definition) is 0. The van der Waals surface area contributed by atoms with Crippen molar-refractivity contribution < 1.29 is 0 Å². The van der Waals surface area contributed by atoms with Crippen LogP contribution < -0.4 is 0 Å². The summed E-state index contributed by atoms with van der Waals surface area (Å²) in [6.07, 6.45) is 2.03. The van der Waals surface area contributed by atoms with Gasteiger partial charge in [-0.1, -0.05) is 127 Å². The van der Waals surface area contributed by atoms with Crippen LogP contribution in [-0.4, -0.2) is 18.5 Å². The molecule has 0 spiro atoms. The third-order valence-corrected chi connectivity index (χ3v) is 11.4. The van der Waals surface area contributed by atoms with Crippen molar-refractivity contribution in [1.82, 2.24) is 18.5 Å². The summed E-state index contributed by atoms with van der Waals surface area (Å²) < 4.78 is 7.21. The average Bonchev–Trinajstić information content (AvgIpc) is 3.90. The van der Waals surface area contributed by atoms with Crippen molar-refractivity contribution in [2.45, 2.75) is 0 Å². The minimum absolute atomic E-state index is 0.986. The van der Waals surface area contributed by atoms with E-state index in [2.05, 4.69) is 202 Å². The Morgan fingerprint density at radius 2 is 0.727 bits per heavy atom. The van der Waals surface area contributed by atoms with Crippen LogP contribution in [0, 0.1) is 0 Å². The standard InChI is InChI=1S/C51H32N4/c1-7-19-44-38(13-1)39-14-2-8-20-45(39)53(44)36-29-35(30-37(31-36)54-46-21-9-3-15-40(46)41-16-4-10-22-47(41)54)33-25-27-34(28-26-33)51-42-17-5-11-23-48(42)55-49-24-12-6-18-43(49)52-32-50(51)55/h1-32H. The summed E-state index contributed by atoms with van der Waals surface area (Å²) in [4.78, 5) is 4.88. The summed E-state index contributed by atoms with van der Waals surface area (Å²) in [5.74, 6) is 0. The SMILES string of the molecule is c1ccc2c(c1)ncc1c(-c3ccc(-c4cc(-n5c6ccccc6c6ccccc65)cc(-n5c6ccccc6c6ccccc65)c4)cc3)c3ccccc3n12. The highest BCUT2D eigenvalue weighted by Gasteiger charge is 2.19. The van der Waals surface area contributed by atoms with Gasteiger partial charge >= 0.3 is 0 Å². The van der Waals surface area contributed by atoms with Crippen LogP contribution in [0.4, 0.5) is 0 Å². The zero-order chi connectivity index (χ0) is 36.0. The van der Waals surface area contributed by atoms with Gasteiger partial charge in [0.25, 0.3) is 0 Å². The van der Waals surface area contributed by atoms with E-state index in [1.807, 2.05) is 6.20 Å². The van der Waals surface area contributed by atoms with Gasteiger partial charge in [0.1, 0.15) is 0 Å². The molecule has 0 aliphatic carbocycles. The molecule has 0 amide bonds. The summed E-state index contributed by atoms with van der Waals surface area (Å²) in [6.45, 7) is 0. The summed E-state index contributed by atoms with van der Waals surface area (Å²) in [6, 6.07) is 68.2. The number of rotatable bonds is 4. The molecular formula is C51H32N4. The van der Waals surface area contributed by atoms with Crippen LogP contribution in [0.3, 0.4) is 0 Å². The molecule has 0 aliphatic heterocycles. The molecule has 12 aromatic rings. The largest absolute Gasteiger partial charge is 0.309 e. The number of fused-ring (bicyclic) bond motifs is 11.